The van der Waals surface area contributed by atoms with Gasteiger partial charge in [-0.3, -0.25) is 4.79 Å². The highest BCUT2D eigenvalue weighted by Crippen LogP contribution is 2.18. The number of nitrogens with two attached hydrogens (primary N) is 1. The zero-order chi connectivity index (χ0) is 20.7. The number of hydrogen-bond acceptors (Lipinski definition) is 3. The number of quaternary nitrogens is 1. The molecule has 0 saturated heterocycles. The first-order valence-corrected chi connectivity index (χ1v) is 11.1. The van der Waals surface area contributed by atoms with Crippen molar-refractivity contribution in [3.63, 3.8) is 0 Å². The Morgan fingerprint density at radius 1 is 1.07 bits per heavy atom. The van der Waals surface area contributed by atoms with Crippen LogP contribution in [0.4, 0.5) is 5.69 Å². The molecule has 0 radical (unpaired) electrons. The fourth-order valence-electron chi connectivity index (χ4n) is 2.82. The van der Waals surface area contributed by atoms with Crippen molar-refractivity contribution in [1.82, 2.24) is 4.31 Å². The van der Waals surface area contributed by atoms with Crippen molar-refractivity contribution in [2.45, 2.75) is 31.7 Å². The summed E-state index contributed by atoms with van der Waals surface area (Å²) in [7, 11) is -3.50. The van der Waals surface area contributed by atoms with Gasteiger partial charge in [0.25, 0.3) is 5.91 Å². The average molecular weight is 425 g/mol. The number of amides is 1. The Morgan fingerprint density at radius 2 is 1.64 bits per heavy atom. The van der Waals surface area contributed by atoms with Crippen LogP contribution in [0.1, 0.15) is 32.4 Å². The van der Waals surface area contributed by atoms with Gasteiger partial charge in [0, 0.05) is 29.4 Å². The van der Waals surface area contributed by atoms with E-state index in [0.717, 1.165) is 5.56 Å². The molecule has 1 amide bonds. The van der Waals surface area contributed by atoms with E-state index in [1.165, 1.54) is 16.4 Å². The minimum absolute atomic E-state index is 0.115. The van der Waals surface area contributed by atoms with Crippen molar-refractivity contribution >= 4 is 33.2 Å². The van der Waals surface area contributed by atoms with Crippen LogP contribution < -0.4 is 10.6 Å². The molecule has 8 heteroatoms. The monoisotopic (exact) mass is 424 g/mol. The molecule has 28 heavy (non-hydrogen) atoms. The number of rotatable bonds is 9. The second-order valence-electron chi connectivity index (χ2n) is 6.44. The summed E-state index contributed by atoms with van der Waals surface area (Å²) in [4.78, 5) is 12.4. The Balaban J connectivity index is 1.93. The minimum atomic E-state index is -3.50. The lowest BCUT2D eigenvalue weighted by Gasteiger charge is -2.18. The molecule has 2 rings (SSSR count). The molecule has 0 fully saturated rings. The fraction of sp³-hybridized carbons (Fsp3) is 0.350. The van der Waals surface area contributed by atoms with Crippen LogP contribution in [-0.4, -0.2) is 38.3 Å². The topological polar surface area (TPSA) is 83.1 Å². The van der Waals surface area contributed by atoms with E-state index in [0.29, 0.717) is 23.8 Å². The van der Waals surface area contributed by atoms with Gasteiger partial charge in [0.15, 0.2) is 6.54 Å². The van der Waals surface area contributed by atoms with E-state index in [9.17, 15) is 13.2 Å². The van der Waals surface area contributed by atoms with Crippen LogP contribution in [0.3, 0.4) is 0 Å². The molecule has 0 aromatic heterocycles. The predicted molar refractivity (Wildman–Crippen MR) is 112 cm³/mol. The van der Waals surface area contributed by atoms with Crippen molar-refractivity contribution in [3.05, 3.63) is 59.1 Å². The maximum Gasteiger partial charge on any atom is 0.279 e. The normalized spacial score (nSPS) is 12.8. The number of nitrogens with one attached hydrogen (secondary N) is 1. The summed E-state index contributed by atoms with van der Waals surface area (Å²) >= 11 is 5.89. The lowest BCUT2D eigenvalue weighted by molar-refractivity contribution is -0.682. The van der Waals surface area contributed by atoms with Gasteiger partial charge in [0.1, 0.15) is 6.04 Å². The Bertz CT molecular complexity index is 880. The van der Waals surface area contributed by atoms with Crippen LogP contribution >= 0.6 is 11.6 Å². The molecule has 3 N–H and O–H groups in total. The Hall–Kier alpha value is -1.93. The molecule has 0 spiro atoms. The number of anilines is 1. The van der Waals surface area contributed by atoms with Crippen molar-refractivity contribution in [3.8, 4) is 0 Å². The van der Waals surface area contributed by atoms with Gasteiger partial charge in [-0.25, -0.2) is 8.42 Å². The van der Waals surface area contributed by atoms with Crippen LogP contribution in [0.2, 0.25) is 5.02 Å². The van der Waals surface area contributed by atoms with Crippen LogP contribution in [0, 0.1) is 0 Å². The largest absolute Gasteiger partial charge is 0.333 e. The van der Waals surface area contributed by atoms with Gasteiger partial charge in [-0.1, -0.05) is 37.6 Å². The van der Waals surface area contributed by atoms with E-state index >= 15 is 0 Å². The van der Waals surface area contributed by atoms with Gasteiger partial charge in [-0.05, 0) is 43.3 Å². The molecule has 0 aliphatic carbocycles. The van der Waals surface area contributed by atoms with Gasteiger partial charge in [-0.15, -0.1) is 0 Å². The molecular weight excluding hydrogens is 398 g/mol. The highest BCUT2D eigenvalue weighted by molar-refractivity contribution is 7.89. The standard InChI is InChI=1S/C20H26ClN3O3S/c1-4-24(5-2)28(26,27)19-12-10-18(11-13-19)23-20(25)14-22-15(3)16-6-8-17(21)9-7-16/h6-13,15,22H,4-5,14H2,1-3H3,(H,23,25)/p+1/t15-/m1/s1. The van der Waals surface area contributed by atoms with E-state index < -0.39 is 10.0 Å². The summed E-state index contributed by atoms with van der Waals surface area (Å²) < 4.78 is 26.4. The third kappa shape index (κ3) is 5.78. The molecular formula is C20H27ClN3O3S+. The summed E-state index contributed by atoms with van der Waals surface area (Å²) in [6.07, 6.45) is 0. The molecule has 0 heterocycles. The van der Waals surface area contributed by atoms with E-state index in [1.807, 2.05) is 36.5 Å². The van der Waals surface area contributed by atoms with Gasteiger partial charge in [0.05, 0.1) is 4.90 Å². The van der Waals surface area contributed by atoms with Gasteiger partial charge >= 0.3 is 0 Å². The summed E-state index contributed by atoms with van der Waals surface area (Å²) in [5, 5.41) is 5.40. The first-order chi connectivity index (χ1) is 13.3. The van der Waals surface area contributed by atoms with E-state index in [4.69, 9.17) is 11.6 Å². The maximum atomic E-state index is 12.5. The maximum absolute atomic E-state index is 12.5. The van der Waals surface area contributed by atoms with Crippen molar-refractivity contribution in [2.75, 3.05) is 25.0 Å². The number of nitrogens with zero attached hydrogens (tertiary/aromatic N) is 1. The third-order valence-electron chi connectivity index (χ3n) is 4.53. The Kier molecular flexibility index (Phi) is 8.00. The zero-order valence-electron chi connectivity index (χ0n) is 16.4. The molecule has 152 valence electrons. The van der Waals surface area contributed by atoms with E-state index in [1.54, 1.807) is 26.0 Å². The van der Waals surface area contributed by atoms with Gasteiger partial charge in [0.2, 0.25) is 10.0 Å². The lowest BCUT2D eigenvalue weighted by Crippen LogP contribution is -2.86. The van der Waals surface area contributed by atoms with Crippen LogP contribution in [0.15, 0.2) is 53.4 Å². The van der Waals surface area contributed by atoms with Crippen molar-refractivity contribution in [2.24, 2.45) is 0 Å². The highest BCUT2D eigenvalue weighted by atomic mass is 35.5. The second kappa shape index (κ2) is 10.0. The Labute approximate surface area is 171 Å². The summed E-state index contributed by atoms with van der Waals surface area (Å²) in [6.45, 7) is 6.71. The smallest absolute Gasteiger partial charge is 0.279 e. The molecule has 1 atom stereocenters. The van der Waals surface area contributed by atoms with Gasteiger partial charge < -0.3 is 10.6 Å². The highest BCUT2D eigenvalue weighted by Gasteiger charge is 2.21. The van der Waals surface area contributed by atoms with Gasteiger partial charge in [-0.2, -0.15) is 4.31 Å². The predicted octanol–water partition coefficient (Wildman–Crippen LogP) is 2.63. The third-order valence-corrected chi connectivity index (χ3v) is 6.85. The van der Waals surface area contributed by atoms with Crippen molar-refractivity contribution in [1.29, 1.82) is 0 Å². The van der Waals surface area contributed by atoms with E-state index in [2.05, 4.69) is 5.32 Å². The van der Waals surface area contributed by atoms with Crippen LogP contribution in [0.25, 0.3) is 0 Å². The fourth-order valence-corrected chi connectivity index (χ4v) is 4.41. The molecule has 0 aliphatic heterocycles. The first kappa shape index (κ1) is 22.4. The second-order valence-corrected chi connectivity index (χ2v) is 8.82. The number of sulfonamides is 1. The molecule has 0 unspecified atom stereocenters. The molecule has 0 bridgehead atoms. The number of carbonyl (C=O) groups is 1. The number of carbonyl (C=O) groups excluding carboxylic acids is 1. The van der Waals surface area contributed by atoms with Crippen LogP contribution in [0.5, 0.6) is 0 Å². The minimum Gasteiger partial charge on any atom is -0.333 e. The molecule has 6 nitrogen and oxygen atoms in total. The van der Waals surface area contributed by atoms with Crippen molar-refractivity contribution < 1.29 is 18.5 Å². The number of halogens is 1. The summed E-state index contributed by atoms with van der Waals surface area (Å²) in [5.41, 5.74) is 1.65. The average Bonchev–Trinajstić information content (AvgIpc) is 2.68. The first-order valence-electron chi connectivity index (χ1n) is 9.26. The van der Waals surface area contributed by atoms with Crippen LogP contribution in [-0.2, 0) is 14.8 Å². The molecule has 2 aromatic carbocycles. The quantitative estimate of drug-likeness (QED) is 0.649. The summed E-state index contributed by atoms with van der Waals surface area (Å²) in [6, 6.07) is 13.9. The molecule has 0 saturated carbocycles. The lowest BCUT2D eigenvalue weighted by atomic mass is 10.1. The SMILES string of the molecule is CCN(CC)S(=O)(=O)c1ccc(NC(=O)C[NH2+][C@H](C)c2ccc(Cl)cc2)cc1. The summed E-state index contributed by atoms with van der Waals surface area (Å²) in [5.74, 6) is -0.153. The Morgan fingerprint density at radius 3 is 2.18 bits per heavy atom. The number of benzene rings is 2. The van der Waals surface area contributed by atoms with E-state index in [-0.39, 0.29) is 23.4 Å². The number of hydrogen-bond donors (Lipinski definition) is 2. The molecule has 0 aliphatic rings. The zero-order valence-corrected chi connectivity index (χ0v) is 17.9. The molecule has 2 aromatic rings.